The molecule has 0 aromatic carbocycles. The van der Waals surface area contributed by atoms with Crippen molar-refractivity contribution in [2.45, 2.75) is 334 Å². The predicted octanol–water partition coefficient (Wildman–Crippen LogP) is 23.7. The first-order valence-corrected chi connectivity index (χ1v) is 43.1. The van der Waals surface area contributed by atoms with Crippen molar-refractivity contribution in [1.29, 1.82) is 0 Å². The second-order valence-electron chi connectivity index (χ2n) is 26.5. The van der Waals surface area contributed by atoms with Gasteiger partial charge in [-0.2, -0.15) is 0 Å². The first-order valence-electron chi connectivity index (χ1n) is 40.1. The monoisotopic (exact) mass is 1480 g/mol. The average Bonchev–Trinajstić information content (AvgIpc) is 0.937. The standard InChI is InChI=1S/C85H144O16P2/c1-4-7-10-13-16-19-22-25-28-31-33-35-36-37-38-39-40-41-42-44-46-48-50-53-56-59-62-65-68-71-83(88)95-74-80(86)75-97-102(91,92)98-76-81(87)77-99-103(93,94)100-79-82(101-85(90)73-70-67-64-61-58-55-52-47-30-27-24-21-18-15-12-9-6-3)78-96-84(89)72-69-66-63-60-57-54-51-49-45-43-34-32-29-26-23-20-17-14-11-8-5-2/h9,12,16-21,25-30,33-35,37-38,43,49,51-52,55,80-82,86-87H,4-8,10-11,13-15,22-24,31-32,36,39-42,44-48,50,53-54,56-79H2,1-3H3,(H,91,92)(H,93,94)/b12-9-,19-16-,20-17-,21-18-,28-25-,29-26-,30-27-,35-33-,38-37-,43-34-,51-49-,55-52-. The smallest absolute Gasteiger partial charge is 0.463 e. The number of aliphatic hydroxyl groups is 2. The summed E-state index contributed by atoms with van der Waals surface area (Å²) in [6, 6.07) is 0. The highest BCUT2D eigenvalue weighted by atomic mass is 31.2. The molecule has 5 unspecified atom stereocenters. The number of rotatable bonds is 75. The van der Waals surface area contributed by atoms with Crippen LogP contribution in [-0.2, 0) is 55.8 Å². The summed E-state index contributed by atoms with van der Waals surface area (Å²) in [5, 5.41) is 20.6. The van der Waals surface area contributed by atoms with Crippen molar-refractivity contribution in [1.82, 2.24) is 0 Å². The minimum absolute atomic E-state index is 0.0678. The zero-order valence-electron chi connectivity index (χ0n) is 64.4. The molecule has 18 heteroatoms. The van der Waals surface area contributed by atoms with E-state index in [-0.39, 0.29) is 19.3 Å². The van der Waals surface area contributed by atoms with Gasteiger partial charge in [-0.05, 0) is 148 Å². The van der Waals surface area contributed by atoms with Gasteiger partial charge in [-0.3, -0.25) is 32.5 Å². The van der Waals surface area contributed by atoms with Gasteiger partial charge in [-0.1, -0.05) is 295 Å². The third kappa shape index (κ3) is 78.3. The number of phosphoric acid groups is 2. The molecule has 0 spiro atoms. The lowest BCUT2D eigenvalue weighted by Gasteiger charge is -2.21. The number of carbonyl (C=O) groups is 3. The number of unbranched alkanes of at least 4 members (excludes halogenated alkanes) is 28. The molecule has 103 heavy (non-hydrogen) atoms. The molecule has 590 valence electrons. The van der Waals surface area contributed by atoms with E-state index in [1.54, 1.807) is 0 Å². The maximum absolute atomic E-state index is 13.0. The van der Waals surface area contributed by atoms with Crippen LogP contribution in [0.1, 0.15) is 316 Å². The molecular formula is C85H144O16P2. The molecule has 0 radical (unpaired) electrons. The minimum Gasteiger partial charge on any atom is -0.463 e. The molecule has 0 aromatic rings. The Labute approximate surface area is 626 Å². The number of hydrogen-bond donors (Lipinski definition) is 4. The number of hydrogen-bond acceptors (Lipinski definition) is 14. The molecule has 0 aromatic heterocycles. The number of aliphatic hydroxyl groups excluding tert-OH is 2. The van der Waals surface area contributed by atoms with E-state index in [1.165, 1.54) is 109 Å². The normalized spacial score (nSPS) is 14.7. The van der Waals surface area contributed by atoms with Gasteiger partial charge in [-0.15, -0.1) is 0 Å². The topological polar surface area (TPSA) is 231 Å². The maximum atomic E-state index is 13.0. The molecule has 0 saturated heterocycles. The third-order valence-electron chi connectivity index (χ3n) is 16.5. The summed E-state index contributed by atoms with van der Waals surface area (Å²) in [5.74, 6) is -1.63. The van der Waals surface area contributed by atoms with Crippen LogP contribution in [0, 0.1) is 0 Å². The van der Waals surface area contributed by atoms with E-state index in [4.69, 9.17) is 32.3 Å². The molecule has 0 aliphatic rings. The highest BCUT2D eigenvalue weighted by Gasteiger charge is 2.29. The lowest BCUT2D eigenvalue weighted by atomic mass is 10.0. The third-order valence-corrected chi connectivity index (χ3v) is 18.4. The molecule has 0 heterocycles. The summed E-state index contributed by atoms with van der Waals surface area (Å²) in [6.07, 6.45) is 94.6. The fraction of sp³-hybridized carbons (Fsp3) is 0.682. The maximum Gasteiger partial charge on any atom is 0.472 e. The van der Waals surface area contributed by atoms with Gasteiger partial charge in [0.2, 0.25) is 0 Å². The van der Waals surface area contributed by atoms with Gasteiger partial charge in [0.15, 0.2) is 6.10 Å². The van der Waals surface area contributed by atoms with Crippen LogP contribution in [0.15, 0.2) is 146 Å². The van der Waals surface area contributed by atoms with Crippen molar-refractivity contribution < 1.29 is 75.8 Å². The van der Waals surface area contributed by atoms with E-state index in [1.807, 2.05) is 0 Å². The summed E-state index contributed by atoms with van der Waals surface area (Å²) in [4.78, 5) is 58.7. The molecule has 5 atom stereocenters. The van der Waals surface area contributed by atoms with Gasteiger partial charge in [0.1, 0.15) is 25.4 Å². The Bertz CT molecular complexity index is 2450. The quantitative estimate of drug-likeness (QED) is 0.0146. The molecule has 4 N–H and O–H groups in total. The molecular weight excluding hydrogens is 1340 g/mol. The zero-order valence-corrected chi connectivity index (χ0v) is 66.2. The van der Waals surface area contributed by atoms with Gasteiger partial charge >= 0.3 is 33.6 Å². The number of ether oxygens (including phenoxy) is 3. The fourth-order valence-corrected chi connectivity index (χ4v) is 12.0. The first kappa shape index (κ1) is 98.4. The number of phosphoric ester groups is 2. The molecule has 0 bridgehead atoms. The van der Waals surface area contributed by atoms with Gasteiger partial charge in [0.25, 0.3) is 0 Å². The fourth-order valence-electron chi connectivity index (χ4n) is 10.4. The van der Waals surface area contributed by atoms with E-state index in [0.717, 1.165) is 148 Å². The van der Waals surface area contributed by atoms with Crippen LogP contribution < -0.4 is 0 Å². The van der Waals surface area contributed by atoms with E-state index >= 15 is 0 Å². The van der Waals surface area contributed by atoms with Crippen LogP contribution in [0.4, 0.5) is 0 Å². The summed E-state index contributed by atoms with van der Waals surface area (Å²) < 4.78 is 61.1. The van der Waals surface area contributed by atoms with Crippen molar-refractivity contribution >= 4 is 33.6 Å². The highest BCUT2D eigenvalue weighted by molar-refractivity contribution is 7.47. The summed E-state index contributed by atoms with van der Waals surface area (Å²) in [6.45, 7) is 2.46. The second kappa shape index (κ2) is 77.1. The largest absolute Gasteiger partial charge is 0.472 e. The van der Waals surface area contributed by atoms with Crippen LogP contribution in [0.2, 0.25) is 0 Å². The predicted molar refractivity (Wildman–Crippen MR) is 426 cm³/mol. The Morgan fingerprint density at radius 1 is 0.282 bits per heavy atom. The first-order chi connectivity index (χ1) is 50.2. The Kier molecular flexibility index (Phi) is 73.6. The van der Waals surface area contributed by atoms with Gasteiger partial charge in [0.05, 0.1) is 26.4 Å². The van der Waals surface area contributed by atoms with Gasteiger partial charge in [0, 0.05) is 19.3 Å². The van der Waals surface area contributed by atoms with Crippen LogP contribution in [0.5, 0.6) is 0 Å². The number of esters is 3. The lowest BCUT2D eigenvalue weighted by molar-refractivity contribution is -0.161. The minimum atomic E-state index is -4.95. The van der Waals surface area contributed by atoms with Crippen LogP contribution in [0.25, 0.3) is 0 Å². The van der Waals surface area contributed by atoms with Crippen LogP contribution in [0.3, 0.4) is 0 Å². The van der Waals surface area contributed by atoms with Crippen molar-refractivity contribution in [3.63, 3.8) is 0 Å². The van der Waals surface area contributed by atoms with Crippen LogP contribution >= 0.6 is 15.6 Å². The Balaban J connectivity index is 4.60. The zero-order chi connectivity index (χ0) is 75.2. The Morgan fingerprint density at radius 3 is 0.816 bits per heavy atom. The summed E-state index contributed by atoms with van der Waals surface area (Å²) in [5.41, 5.74) is 0. The average molecular weight is 1480 g/mol. The Morgan fingerprint density at radius 2 is 0.515 bits per heavy atom. The van der Waals surface area contributed by atoms with E-state index < -0.39 is 91.5 Å². The molecule has 0 fully saturated rings. The molecule has 16 nitrogen and oxygen atoms in total. The van der Waals surface area contributed by atoms with Crippen molar-refractivity contribution in [2.24, 2.45) is 0 Å². The summed E-state index contributed by atoms with van der Waals surface area (Å²) in [7, 11) is -9.81. The van der Waals surface area contributed by atoms with E-state index in [9.17, 15) is 43.5 Å². The SMILES string of the molecule is CC/C=C\C/C=C\C/C=C\C/C=C\CCCCCCC(=O)OC(COC(=O)CCCCCCC/C=C\C/C=C\C/C=C\C/C=C\CCCCC)COP(=O)(O)OCC(O)COP(=O)(O)OCC(O)COC(=O)CCCCCCCCCCCCCCC/C=C\C/C=C\C/C=C\C/C=C\CCCCC. The molecule has 0 aliphatic heterocycles. The van der Waals surface area contributed by atoms with E-state index in [2.05, 4.69) is 167 Å². The molecule has 0 amide bonds. The van der Waals surface area contributed by atoms with Gasteiger partial charge in [-0.25, -0.2) is 9.13 Å². The number of allylic oxidation sites excluding steroid dienone is 24. The van der Waals surface area contributed by atoms with Crippen molar-refractivity contribution in [2.75, 3.05) is 39.6 Å². The van der Waals surface area contributed by atoms with Gasteiger partial charge < -0.3 is 34.2 Å². The lowest BCUT2D eigenvalue weighted by Crippen LogP contribution is -2.30. The van der Waals surface area contributed by atoms with Crippen molar-refractivity contribution in [3.05, 3.63) is 146 Å². The van der Waals surface area contributed by atoms with E-state index in [0.29, 0.717) is 19.3 Å². The molecule has 0 rings (SSSR count). The second-order valence-corrected chi connectivity index (χ2v) is 29.4. The summed E-state index contributed by atoms with van der Waals surface area (Å²) >= 11 is 0. The Hall–Kier alpha value is -4.57. The molecule has 0 aliphatic carbocycles. The molecule has 0 saturated carbocycles. The van der Waals surface area contributed by atoms with Crippen molar-refractivity contribution in [3.8, 4) is 0 Å². The highest BCUT2D eigenvalue weighted by Crippen LogP contribution is 2.45. The van der Waals surface area contributed by atoms with Crippen LogP contribution in [-0.4, -0.2) is 95.9 Å². The number of carbonyl (C=O) groups excluding carboxylic acids is 3.